The molecule has 3 N–H and O–H groups in total. The van der Waals surface area contributed by atoms with Gasteiger partial charge < -0.3 is 10.2 Å². The Bertz CT molecular complexity index is 1030. The number of piperidine rings is 1. The van der Waals surface area contributed by atoms with Gasteiger partial charge in [0.05, 0.1) is 6.20 Å². The minimum atomic E-state index is -0.663. The van der Waals surface area contributed by atoms with Gasteiger partial charge in [0.25, 0.3) is 11.8 Å². The summed E-state index contributed by atoms with van der Waals surface area (Å²) in [4.78, 5) is 50.3. The highest BCUT2D eigenvalue weighted by molar-refractivity contribution is 6.07. The molecule has 2 aliphatic heterocycles. The molecule has 3 heterocycles. The molecule has 29 heavy (non-hydrogen) atoms. The smallest absolute Gasteiger partial charge is 0.273 e. The van der Waals surface area contributed by atoms with Crippen LogP contribution < -0.4 is 10.6 Å². The van der Waals surface area contributed by atoms with Crippen molar-refractivity contribution >= 4 is 29.3 Å². The number of anilines is 1. The van der Waals surface area contributed by atoms with Crippen molar-refractivity contribution in [3.05, 3.63) is 46.8 Å². The summed E-state index contributed by atoms with van der Waals surface area (Å²) in [5, 5.41) is 11.8. The average Bonchev–Trinajstić information content (AvgIpc) is 3.27. The van der Waals surface area contributed by atoms with Crippen molar-refractivity contribution in [3.63, 3.8) is 0 Å². The maximum Gasteiger partial charge on any atom is 0.273 e. The minimum Gasteiger partial charge on any atom is -0.322 e. The van der Waals surface area contributed by atoms with Crippen LogP contribution in [0.1, 0.15) is 64.6 Å². The molecule has 2 aromatic rings. The topological polar surface area (TPSA) is 124 Å². The van der Waals surface area contributed by atoms with Crippen molar-refractivity contribution in [2.24, 2.45) is 0 Å². The summed E-state index contributed by atoms with van der Waals surface area (Å²) in [6.07, 6.45) is 2.16. The molecule has 0 bridgehead atoms. The number of H-pyrrole nitrogens is 1. The molecule has 1 saturated heterocycles. The predicted molar refractivity (Wildman–Crippen MR) is 103 cm³/mol. The number of nitrogens with one attached hydrogen (secondary N) is 3. The fourth-order valence-electron chi connectivity index (χ4n) is 3.76. The van der Waals surface area contributed by atoms with Crippen LogP contribution in [0.3, 0.4) is 0 Å². The van der Waals surface area contributed by atoms with Gasteiger partial charge in [-0.2, -0.15) is 5.10 Å². The largest absolute Gasteiger partial charge is 0.322 e. The SMILES string of the molecule is CC(C)c1cn[nH]c1C(=O)Nc1ccc2c(c1)CN(C1CCC(=O)NC1=O)C2=O. The van der Waals surface area contributed by atoms with Crippen LogP contribution >= 0.6 is 0 Å². The molecule has 9 heteroatoms. The third-order valence-corrected chi connectivity index (χ3v) is 5.30. The van der Waals surface area contributed by atoms with Gasteiger partial charge in [0.2, 0.25) is 11.8 Å². The molecule has 0 spiro atoms. The Balaban J connectivity index is 1.52. The normalized spacial score (nSPS) is 18.8. The number of nitrogens with zero attached hydrogens (tertiary/aromatic N) is 2. The van der Waals surface area contributed by atoms with Gasteiger partial charge in [0.15, 0.2) is 0 Å². The zero-order valence-corrected chi connectivity index (χ0v) is 16.1. The van der Waals surface area contributed by atoms with Crippen molar-refractivity contribution < 1.29 is 19.2 Å². The minimum absolute atomic E-state index is 0.147. The molecular weight excluding hydrogens is 374 g/mol. The molecule has 4 rings (SSSR count). The molecular formula is C20H21N5O4. The number of fused-ring (bicyclic) bond motifs is 1. The van der Waals surface area contributed by atoms with Crippen LogP contribution in [0, 0.1) is 0 Å². The van der Waals surface area contributed by atoms with Crippen LogP contribution in [0.5, 0.6) is 0 Å². The Morgan fingerprint density at radius 1 is 1.28 bits per heavy atom. The first-order valence-corrected chi connectivity index (χ1v) is 9.47. The molecule has 2 aliphatic rings. The monoisotopic (exact) mass is 395 g/mol. The third-order valence-electron chi connectivity index (χ3n) is 5.30. The van der Waals surface area contributed by atoms with Gasteiger partial charge in [-0.15, -0.1) is 0 Å². The van der Waals surface area contributed by atoms with Crippen LogP contribution in [-0.2, 0) is 16.1 Å². The van der Waals surface area contributed by atoms with Gasteiger partial charge in [0.1, 0.15) is 11.7 Å². The van der Waals surface area contributed by atoms with Gasteiger partial charge >= 0.3 is 0 Å². The van der Waals surface area contributed by atoms with Crippen LogP contribution in [0.15, 0.2) is 24.4 Å². The first-order chi connectivity index (χ1) is 13.8. The van der Waals surface area contributed by atoms with Crippen LogP contribution in [-0.4, -0.2) is 44.8 Å². The summed E-state index contributed by atoms with van der Waals surface area (Å²) < 4.78 is 0. The number of imide groups is 1. The predicted octanol–water partition coefficient (Wildman–Crippen LogP) is 1.55. The lowest BCUT2D eigenvalue weighted by Gasteiger charge is -2.29. The lowest BCUT2D eigenvalue weighted by Crippen LogP contribution is -2.52. The number of benzene rings is 1. The van der Waals surface area contributed by atoms with Crippen LogP contribution in [0.25, 0.3) is 0 Å². The van der Waals surface area contributed by atoms with E-state index >= 15 is 0 Å². The van der Waals surface area contributed by atoms with E-state index in [2.05, 4.69) is 20.8 Å². The fourth-order valence-corrected chi connectivity index (χ4v) is 3.76. The summed E-state index contributed by atoms with van der Waals surface area (Å²) in [7, 11) is 0. The maximum absolute atomic E-state index is 12.7. The average molecular weight is 395 g/mol. The highest BCUT2D eigenvalue weighted by Crippen LogP contribution is 2.29. The van der Waals surface area contributed by atoms with E-state index in [0.717, 1.165) is 11.1 Å². The molecule has 4 amide bonds. The number of carbonyl (C=O) groups is 4. The number of aromatic nitrogens is 2. The summed E-state index contributed by atoms with van der Waals surface area (Å²) in [6, 6.07) is 4.38. The summed E-state index contributed by atoms with van der Waals surface area (Å²) in [5.41, 5.74) is 3.00. The van der Waals surface area contributed by atoms with Crippen molar-refractivity contribution in [1.29, 1.82) is 0 Å². The molecule has 1 aromatic heterocycles. The quantitative estimate of drug-likeness (QED) is 0.678. The lowest BCUT2D eigenvalue weighted by atomic mass is 10.0. The van der Waals surface area contributed by atoms with Crippen molar-refractivity contribution in [1.82, 2.24) is 20.4 Å². The Morgan fingerprint density at radius 3 is 2.79 bits per heavy atom. The van der Waals surface area contributed by atoms with E-state index in [0.29, 0.717) is 23.4 Å². The van der Waals surface area contributed by atoms with Crippen LogP contribution in [0.4, 0.5) is 5.69 Å². The van der Waals surface area contributed by atoms with Gasteiger partial charge in [-0.25, -0.2) is 0 Å². The van der Waals surface area contributed by atoms with Crippen molar-refractivity contribution in [2.45, 2.75) is 45.2 Å². The first-order valence-electron chi connectivity index (χ1n) is 9.47. The van der Waals surface area contributed by atoms with E-state index in [1.165, 1.54) is 4.90 Å². The molecule has 150 valence electrons. The molecule has 1 fully saturated rings. The zero-order valence-electron chi connectivity index (χ0n) is 16.1. The van der Waals surface area contributed by atoms with Crippen molar-refractivity contribution in [2.75, 3.05) is 5.32 Å². The van der Waals surface area contributed by atoms with E-state index in [-0.39, 0.29) is 36.6 Å². The molecule has 0 aliphatic carbocycles. The Hall–Kier alpha value is -3.49. The molecule has 0 radical (unpaired) electrons. The summed E-state index contributed by atoms with van der Waals surface area (Å²) in [6.45, 7) is 4.21. The number of aromatic amines is 1. The van der Waals surface area contributed by atoms with Gasteiger partial charge in [-0.3, -0.25) is 29.6 Å². The number of rotatable bonds is 4. The summed E-state index contributed by atoms with van der Waals surface area (Å²) in [5.74, 6) is -1.17. The molecule has 1 unspecified atom stereocenters. The van der Waals surface area contributed by atoms with Gasteiger partial charge in [-0.05, 0) is 36.1 Å². The van der Waals surface area contributed by atoms with Crippen molar-refractivity contribution in [3.8, 4) is 0 Å². The first kappa shape index (κ1) is 18.9. The highest BCUT2D eigenvalue weighted by atomic mass is 16.2. The number of carbonyl (C=O) groups excluding carboxylic acids is 4. The van der Waals surface area contributed by atoms with Crippen LogP contribution in [0.2, 0.25) is 0 Å². The standard InChI is InChI=1S/C20H21N5O4/c1-10(2)14-8-21-24-17(14)19(28)22-12-3-4-13-11(7-12)9-25(20(13)29)15-5-6-16(26)23-18(15)27/h3-4,7-8,10,15H,5-6,9H2,1-2H3,(H,21,24)(H,22,28)(H,23,26,27). The molecule has 1 aromatic carbocycles. The second kappa shape index (κ2) is 7.16. The molecule has 0 saturated carbocycles. The zero-order chi connectivity index (χ0) is 20.7. The molecule has 1 atom stereocenters. The summed E-state index contributed by atoms with van der Waals surface area (Å²) >= 11 is 0. The van der Waals surface area contributed by atoms with E-state index < -0.39 is 11.9 Å². The Kier molecular flexibility index (Phi) is 4.65. The number of hydrogen-bond donors (Lipinski definition) is 3. The second-order valence-corrected chi connectivity index (χ2v) is 7.58. The third kappa shape index (κ3) is 3.39. The Morgan fingerprint density at radius 2 is 2.07 bits per heavy atom. The number of hydrogen-bond acceptors (Lipinski definition) is 5. The number of amides is 4. The van der Waals surface area contributed by atoms with Gasteiger partial charge in [-0.1, -0.05) is 13.8 Å². The van der Waals surface area contributed by atoms with E-state index in [4.69, 9.17) is 0 Å². The maximum atomic E-state index is 12.7. The highest BCUT2D eigenvalue weighted by Gasteiger charge is 2.39. The fraction of sp³-hybridized carbons (Fsp3) is 0.350. The van der Waals surface area contributed by atoms with E-state index in [1.54, 1.807) is 24.4 Å². The van der Waals surface area contributed by atoms with E-state index in [1.807, 2.05) is 13.8 Å². The molecule has 9 nitrogen and oxygen atoms in total. The Labute approximate surface area is 166 Å². The lowest BCUT2D eigenvalue weighted by molar-refractivity contribution is -0.136. The van der Waals surface area contributed by atoms with E-state index in [9.17, 15) is 19.2 Å². The van der Waals surface area contributed by atoms with Gasteiger partial charge in [0, 0.05) is 29.8 Å². The second-order valence-electron chi connectivity index (χ2n) is 7.58.